The monoisotopic (exact) mass is 246 g/mol. The Morgan fingerprint density at radius 1 is 1.44 bits per heavy atom. The highest BCUT2D eigenvalue weighted by atomic mass is 16.5. The van der Waals surface area contributed by atoms with Gasteiger partial charge in [0.1, 0.15) is 11.6 Å². The first-order chi connectivity index (χ1) is 8.67. The minimum Gasteiger partial charge on any atom is -0.384 e. The topological polar surface area (TPSA) is 62.0 Å². The van der Waals surface area contributed by atoms with Crippen molar-refractivity contribution in [3.05, 3.63) is 16.8 Å². The molecule has 1 aromatic heterocycles. The van der Waals surface area contributed by atoms with Gasteiger partial charge in [0, 0.05) is 26.1 Å². The summed E-state index contributed by atoms with van der Waals surface area (Å²) >= 11 is 0. The van der Waals surface area contributed by atoms with E-state index in [0.717, 1.165) is 43.2 Å². The molecule has 0 saturated carbocycles. The number of nitrogens with zero attached hydrogens (tertiary/aromatic N) is 4. The van der Waals surface area contributed by atoms with E-state index in [1.807, 2.05) is 13.8 Å². The number of hydrogen-bond acceptors (Lipinski definition) is 5. The highest BCUT2D eigenvalue weighted by molar-refractivity contribution is 5.57. The standard InChI is InChI=1S/C13H18N4O/c1-9-10(2)15-16-13(12(9)6-14)17-5-4-11(7-17)8-18-3/h11H,4-5,7-8H2,1-3H3. The molecule has 2 rings (SSSR count). The number of aryl methyl sites for hydroxylation is 1. The molecule has 1 aliphatic rings. The van der Waals surface area contributed by atoms with Gasteiger partial charge in [-0.2, -0.15) is 10.4 Å². The van der Waals surface area contributed by atoms with E-state index < -0.39 is 0 Å². The molecular formula is C13H18N4O. The summed E-state index contributed by atoms with van der Waals surface area (Å²) in [5, 5.41) is 17.6. The molecule has 1 aliphatic heterocycles. The van der Waals surface area contributed by atoms with Gasteiger partial charge in [-0.3, -0.25) is 0 Å². The lowest BCUT2D eigenvalue weighted by molar-refractivity contribution is 0.161. The predicted octanol–water partition coefficient (Wildman–Crippen LogP) is 1.44. The zero-order valence-corrected chi connectivity index (χ0v) is 11.1. The Hall–Kier alpha value is -1.67. The molecule has 0 radical (unpaired) electrons. The molecule has 1 fully saturated rings. The van der Waals surface area contributed by atoms with Crippen LogP contribution in [0.3, 0.4) is 0 Å². The first kappa shape index (κ1) is 12.8. The third-order valence-electron chi connectivity index (χ3n) is 3.54. The largest absolute Gasteiger partial charge is 0.384 e. The second kappa shape index (κ2) is 5.32. The summed E-state index contributed by atoms with van der Waals surface area (Å²) in [6.07, 6.45) is 1.08. The molecule has 0 bridgehead atoms. The van der Waals surface area contributed by atoms with Crippen molar-refractivity contribution in [3.8, 4) is 6.07 Å². The minimum absolute atomic E-state index is 0.518. The van der Waals surface area contributed by atoms with Gasteiger partial charge in [0.2, 0.25) is 0 Å². The Bertz CT molecular complexity index is 481. The van der Waals surface area contributed by atoms with Crippen molar-refractivity contribution in [2.45, 2.75) is 20.3 Å². The van der Waals surface area contributed by atoms with Crippen molar-refractivity contribution in [2.24, 2.45) is 5.92 Å². The summed E-state index contributed by atoms with van der Waals surface area (Å²) in [5.74, 6) is 1.24. The van der Waals surface area contributed by atoms with E-state index in [2.05, 4.69) is 21.2 Å². The molecule has 18 heavy (non-hydrogen) atoms. The Labute approximate surface area is 107 Å². The second-order valence-corrected chi connectivity index (χ2v) is 4.78. The fourth-order valence-corrected chi connectivity index (χ4v) is 2.35. The van der Waals surface area contributed by atoms with Gasteiger partial charge in [0.05, 0.1) is 12.3 Å². The Kier molecular flexibility index (Phi) is 3.78. The van der Waals surface area contributed by atoms with Crippen LogP contribution in [0.1, 0.15) is 23.2 Å². The molecule has 0 spiro atoms. The van der Waals surface area contributed by atoms with Crippen LogP contribution >= 0.6 is 0 Å². The zero-order valence-electron chi connectivity index (χ0n) is 11.1. The van der Waals surface area contributed by atoms with Crippen molar-refractivity contribution >= 4 is 5.82 Å². The van der Waals surface area contributed by atoms with Crippen molar-refractivity contribution < 1.29 is 4.74 Å². The molecule has 5 nitrogen and oxygen atoms in total. The van der Waals surface area contributed by atoms with E-state index in [-0.39, 0.29) is 0 Å². The van der Waals surface area contributed by atoms with Crippen LogP contribution in [-0.2, 0) is 4.74 Å². The zero-order chi connectivity index (χ0) is 13.1. The van der Waals surface area contributed by atoms with Crippen molar-refractivity contribution in [1.29, 1.82) is 5.26 Å². The van der Waals surface area contributed by atoms with Gasteiger partial charge in [0.15, 0.2) is 5.82 Å². The maximum absolute atomic E-state index is 9.28. The van der Waals surface area contributed by atoms with Gasteiger partial charge in [-0.05, 0) is 25.8 Å². The second-order valence-electron chi connectivity index (χ2n) is 4.78. The van der Waals surface area contributed by atoms with Crippen molar-refractivity contribution in [1.82, 2.24) is 10.2 Å². The highest BCUT2D eigenvalue weighted by Crippen LogP contribution is 2.26. The first-order valence-electron chi connectivity index (χ1n) is 6.15. The van der Waals surface area contributed by atoms with Crippen molar-refractivity contribution in [2.75, 3.05) is 31.7 Å². The van der Waals surface area contributed by atoms with E-state index in [0.29, 0.717) is 11.5 Å². The molecule has 0 amide bonds. The molecule has 1 saturated heterocycles. The van der Waals surface area contributed by atoms with E-state index in [1.165, 1.54) is 0 Å². The van der Waals surface area contributed by atoms with Gasteiger partial charge >= 0.3 is 0 Å². The van der Waals surface area contributed by atoms with E-state index in [1.54, 1.807) is 7.11 Å². The minimum atomic E-state index is 0.518. The Morgan fingerprint density at radius 3 is 2.89 bits per heavy atom. The molecule has 0 aliphatic carbocycles. The lowest BCUT2D eigenvalue weighted by atomic mass is 10.1. The maximum atomic E-state index is 9.28. The van der Waals surface area contributed by atoms with Crippen LogP contribution in [0.4, 0.5) is 5.82 Å². The van der Waals surface area contributed by atoms with Crippen LogP contribution in [0.25, 0.3) is 0 Å². The predicted molar refractivity (Wildman–Crippen MR) is 68.4 cm³/mol. The third-order valence-corrected chi connectivity index (χ3v) is 3.54. The molecule has 1 atom stereocenters. The van der Waals surface area contributed by atoms with Crippen LogP contribution < -0.4 is 4.90 Å². The number of ether oxygens (including phenoxy) is 1. The third kappa shape index (κ3) is 2.29. The molecular weight excluding hydrogens is 228 g/mol. The summed E-state index contributed by atoms with van der Waals surface area (Å²) in [5.41, 5.74) is 2.40. The van der Waals surface area contributed by atoms with Crippen LogP contribution in [0.15, 0.2) is 0 Å². The molecule has 5 heteroatoms. The number of rotatable bonds is 3. The summed E-state index contributed by atoms with van der Waals surface area (Å²) in [7, 11) is 1.72. The molecule has 0 aromatic carbocycles. The quantitative estimate of drug-likeness (QED) is 0.807. The molecule has 96 valence electrons. The lowest BCUT2D eigenvalue weighted by Gasteiger charge is -2.19. The number of anilines is 1. The number of nitriles is 1. The Balaban J connectivity index is 2.25. The van der Waals surface area contributed by atoms with E-state index in [4.69, 9.17) is 4.74 Å². The summed E-state index contributed by atoms with van der Waals surface area (Å²) < 4.78 is 5.18. The summed E-state index contributed by atoms with van der Waals surface area (Å²) in [6.45, 7) is 6.37. The number of aromatic nitrogens is 2. The van der Waals surface area contributed by atoms with Crippen LogP contribution in [-0.4, -0.2) is 37.0 Å². The van der Waals surface area contributed by atoms with Crippen LogP contribution in [0.2, 0.25) is 0 Å². The molecule has 1 unspecified atom stereocenters. The average Bonchev–Trinajstić information content (AvgIpc) is 2.81. The van der Waals surface area contributed by atoms with Gasteiger partial charge < -0.3 is 9.64 Å². The SMILES string of the molecule is COCC1CCN(c2nnc(C)c(C)c2C#N)C1. The van der Waals surface area contributed by atoms with Gasteiger partial charge in [-0.1, -0.05) is 0 Å². The lowest BCUT2D eigenvalue weighted by Crippen LogP contribution is -2.24. The summed E-state index contributed by atoms with van der Waals surface area (Å²) in [4.78, 5) is 2.14. The molecule has 2 heterocycles. The number of hydrogen-bond donors (Lipinski definition) is 0. The first-order valence-corrected chi connectivity index (χ1v) is 6.15. The fourth-order valence-electron chi connectivity index (χ4n) is 2.35. The van der Waals surface area contributed by atoms with Gasteiger partial charge in [-0.15, -0.1) is 5.10 Å². The smallest absolute Gasteiger partial charge is 0.169 e. The Morgan fingerprint density at radius 2 is 2.22 bits per heavy atom. The number of methoxy groups -OCH3 is 1. The average molecular weight is 246 g/mol. The molecule has 1 aromatic rings. The van der Waals surface area contributed by atoms with Gasteiger partial charge in [0.25, 0.3) is 0 Å². The molecule has 0 N–H and O–H groups in total. The van der Waals surface area contributed by atoms with Crippen LogP contribution in [0, 0.1) is 31.1 Å². The van der Waals surface area contributed by atoms with Crippen LogP contribution in [0.5, 0.6) is 0 Å². The van der Waals surface area contributed by atoms with E-state index in [9.17, 15) is 5.26 Å². The highest BCUT2D eigenvalue weighted by Gasteiger charge is 2.26. The van der Waals surface area contributed by atoms with Gasteiger partial charge in [-0.25, -0.2) is 0 Å². The van der Waals surface area contributed by atoms with E-state index >= 15 is 0 Å². The van der Waals surface area contributed by atoms with Crippen molar-refractivity contribution in [3.63, 3.8) is 0 Å². The maximum Gasteiger partial charge on any atom is 0.169 e. The normalized spacial score (nSPS) is 19.0. The summed E-state index contributed by atoms with van der Waals surface area (Å²) in [6, 6.07) is 2.25. The fraction of sp³-hybridized carbons (Fsp3) is 0.615.